The molecule has 2 rings (SSSR count). The average molecular weight is 310 g/mol. The van der Waals surface area contributed by atoms with Gasteiger partial charge in [-0.1, -0.05) is 6.07 Å². The molecule has 0 aliphatic carbocycles. The Kier molecular flexibility index (Phi) is 4.80. The largest absolute Gasteiger partial charge is 0.356 e. The van der Waals surface area contributed by atoms with Gasteiger partial charge in [-0.25, -0.2) is 13.2 Å². The van der Waals surface area contributed by atoms with E-state index in [1.54, 1.807) is 19.1 Å². The van der Waals surface area contributed by atoms with E-state index in [4.69, 9.17) is 12.2 Å². The van der Waals surface area contributed by atoms with Crippen molar-refractivity contribution in [1.82, 2.24) is 5.32 Å². The fraction of sp³-hybridized carbons (Fsp3) is 0.133. The smallest absolute Gasteiger partial charge is 0.171 e. The molecule has 2 aromatic carbocycles. The first kappa shape index (κ1) is 15.3. The first-order valence-corrected chi connectivity index (χ1v) is 6.64. The third-order valence-corrected chi connectivity index (χ3v) is 3.11. The topological polar surface area (TPSA) is 24.1 Å². The summed E-state index contributed by atoms with van der Waals surface area (Å²) in [7, 11) is 0. The van der Waals surface area contributed by atoms with Crippen molar-refractivity contribution in [2.24, 2.45) is 0 Å². The van der Waals surface area contributed by atoms with E-state index >= 15 is 0 Å². The highest BCUT2D eigenvalue weighted by Crippen LogP contribution is 2.16. The zero-order valence-electron chi connectivity index (χ0n) is 11.2. The second-order valence-corrected chi connectivity index (χ2v) is 4.91. The zero-order chi connectivity index (χ0) is 15.4. The lowest BCUT2D eigenvalue weighted by atomic mass is 10.1. The Balaban J connectivity index is 1.98. The summed E-state index contributed by atoms with van der Waals surface area (Å²) in [6.07, 6.45) is 0. The van der Waals surface area contributed by atoms with E-state index in [0.717, 1.165) is 12.1 Å². The molecule has 0 heterocycles. The molecular formula is C15H13F3N2S. The van der Waals surface area contributed by atoms with Crippen LogP contribution in [-0.2, 0) is 0 Å². The first-order chi connectivity index (χ1) is 9.95. The molecule has 0 bridgehead atoms. The molecule has 0 saturated heterocycles. The number of thiocarbonyl (C=S) groups is 1. The molecule has 0 amide bonds. The van der Waals surface area contributed by atoms with Crippen LogP contribution in [0, 0.1) is 17.5 Å². The van der Waals surface area contributed by atoms with Gasteiger partial charge >= 0.3 is 0 Å². The molecule has 0 radical (unpaired) electrons. The molecule has 110 valence electrons. The molecule has 0 aliphatic heterocycles. The predicted molar refractivity (Wildman–Crippen MR) is 80.5 cm³/mol. The summed E-state index contributed by atoms with van der Waals surface area (Å²) >= 11 is 5.12. The van der Waals surface area contributed by atoms with Gasteiger partial charge in [-0.05, 0) is 61.1 Å². The Labute approximate surface area is 126 Å². The highest BCUT2D eigenvalue weighted by molar-refractivity contribution is 7.80. The van der Waals surface area contributed by atoms with Crippen LogP contribution in [0.4, 0.5) is 18.9 Å². The number of hydrogen-bond acceptors (Lipinski definition) is 1. The summed E-state index contributed by atoms with van der Waals surface area (Å²) in [5, 5.41) is 6.13. The monoisotopic (exact) mass is 310 g/mol. The number of nitrogens with one attached hydrogen (secondary N) is 2. The summed E-state index contributed by atoms with van der Waals surface area (Å²) in [4.78, 5) is 0. The summed E-state index contributed by atoms with van der Waals surface area (Å²) in [5.74, 6) is -2.13. The Morgan fingerprint density at radius 1 is 1.00 bits per heavy atom. The van der Waals surface area contributed by atoms with Crippen molar-refractivity contribution in [2.45, 2.75) is 13.0 Å². The maximum atomic E-state index is 13.2. The molecule has 6 heteroatoms. The lowest BCUT2D eigenvalue weighted by Gasteiger charge is -2.17. The minimum absolute atomic E-state index is 0.304. The molecule has 2 nitrogen and oxygen atoms in total. The maximum absolute atomic E-state index is 13.2. The molecule has 2 N–H and O–H groups in total. The molecular weight excluding hydrogens is 297 g/mol. The van der Waals surface area contributed by atoms with Crippen molar-refractivity contribution >= 4 is 23.0 Å². The van der Waals surface area contributed by atoms with Crippen LogP contribution in [0.1, 0.15) is 18.5 Å². The second-order valence-electron chi connectivity index (χ2n) is 4.50. The number of rotatable bonds is 3. The van der Waals surface area contributed by atoms with E-state index in [1.165, 1.54) is 18.2 Å². The van der Waals surface area contributed by atoms with Gasteiger partial charge < -0.3 is 10.6 Å². The highest BCUT2D eigenvalue weighted by Gasteiger charge is 2.10. The van der Waals surface area contributed by atoms with Crippen LogP contribution in [0.2, 0.25) is 0 Å². The first-order valence-electron chi connectivity index (χ1n) is 6.24. The molecule has 0 unspecified atom stereocenters. The summed E-state index contributed by atoms with van der Waals surface area (Å²) in [6.45, 7) is 1.77. The Morgan fingerprint density at radius 3 is 2.29 bits per heavy atom. The van der Waals surface area contributed by atoms with Crippen LogP contribution < -0.4 is 10.6 Å². The zero-order valence-corrected chi connectivity index (χ0v) is 12.0. The lowest BCUT2D eigenvalue weighted by molar-refractivity contribution is 0.505. The van der Waals surface area contributed by atoms with Crippen LogP contribution in [0.3, 0.4) is 0 Å². The summed E-state index contributed by atoms with van der Waals surface area (Å²) < 4.78 is 38.8. The van der Waals surface area contributed by atoms with Gasteiger partial charge in [-0.2, -0.15) is 0 Å². The van der Waals surface area contributed by atoms with E-state index in [0.29, 0.717) is 16.4 Å². The molecule has 0 aliphatic rings. The molecule has 0 saturated carbocycles. The van der Waals surface area contributed by atoms with Crippen LogP contribution in [0.25, 0.3) is 0 Å². The standard InChI is InChI=1S/C15H13F3N2S/c1-9(10-2-7-13(17)14(18)8-10)19-15(21)20-12-5-3-11(16)4-6-12/h2-9H,1H3,(H2,19,20,21)/t9-/m1/s1. The molecule has 21 heavy (non-hydrogen) atoms. The van der Waals surface area contributed by atoms with Crippen molar-refractivity contribution in [2.75, 3.05) is 5.32 Å². The molecule has 0 spiro atoms. The van der Waals surface area contributed by atoms with Gasteiger partial charge in [0.25, 0.3) is 0 Å². The van der Waals surface area contributed by atoms with E-state index in [-0.39, 0.29) is 11.9 Å². The molecule has 0 aromatic heterocycles. The van der Waals surface area contributed by atoms with E-state index in [9.17, 15) is 13.2 Å². The number of anilines is 1. The van der Waals surface area contributed by atoms with Crippen molar-refractivity contribution in [3.05, 3.63) is 65.5 Å². The SMILES string of the molecule is C[C@@H](NC(=S)Nc1ccc(F)cc1)c1ccc(F)c(F)c1. The van der Waals surface area contributed by atoms with Crippen LogP contribution >= 0.6 is 12.2 Å². The Morgan fingerprint density at radius 2 is 1.67 bits per heavy atom. The van der Waals surface area contributed by atoms with Gasteiger partial charge in [-0.3, -0.25) is 0 Å². The summed E-state index contributed by atoms with van der Waals surface area (Å²) in [6, 6.07) is 9.08. The minimum atomic E-state index is -0.904. The quantitative estimate of drug-likeness (QED) is 0.833. The Hall–Kier alpha value is -2.08. The fourth-order valence-corrected chi connectivity index (χ4v) is 2.06. The summed E-state index contributed by atoms with van der Waals surface area (Å²) in [5.41, 5.74) is 1.20. The van der Waals surface area contributed by atoms with Gasteiger partial charge in [0.05, 0.1) is 6.04 Å². The van der Waals surface area contributed by atoms with Gasteiger partial charge in [0.15, 0.2) is 16.7 Å². The second kappa shape index (κ2) is 6.58. The molecule has 1 atom stereocenters. The van der Waals surface area contributed by atoms with Crippen molar-refractivity contribution in [3.63, 3.8) is 0 Å². The highest BCUT2D eigenvalue weighted by atomic mass is 32.1. The van der Waals surface area contributed by atoms with Crippen molar-refractivity contribution in [3.8, 4) is 0 Å². The average Bonchev–Trinajstić information content (AvgIpc) is 2.44. The third kappa shape index (κ3) is 4.19. The fourth-order valence-electron chi connectivity index (χ4n) is 1.76. The predicted octanol–water partition coefficient (Wildman–Crippen LogP) is 4.15. The van der Waals surface area contributed by atoms with Crippen LogP contribution in [0.5, 0.6) is 0 Å². The Bertz CT molecular complexity index is 644. The minimum Gasteiger partial charge on any atom is -0.356 e. The third-order valence-electron chi connectivity index (χ3n) is 2.89. The van der Waals surface area contributed by atoms with Gasteiger partial charge in [0.2, 0.25) is 0 Å². The van der Waals surface area contributed by atoms with Crippen molar-refractivity contribution < 1.29 is 13.2 Å². The lowest BCUT2D eigenvalue weighted by Crippen LogP contribution is -2.30. The molecule has 2 aromatic rings. The maximum Gasteiger partial charge on any atom is 0.171 e. The van der Waals surface area contributed by atoms with Gasteiger partial charge in [0.1, 0.15) is 5.82 Å². The van der Waals surface area contributed by atoms with Crippen LogP contribution in [0.15, 0.2) is 42.5 Å². The number of benzene rings is 2. The van der Waals surface area contributed by atoms with E-state index < -0.39 is 11.6 Å². The van der Waals surface area contributed by atoms with Crippen molar-refractivity contribution in [1.29, 1.82) is 0 Å². The van der Waals surface area contributed by atoms with Gasteiger partial charge in [0, 0.05) is 5.69 Å². The van der Waals surface area contributed by atoms with E-state index in [2.05, 4.69) is 10.6 Å². The number of hydrogen-bond donors (Lipinski definition) is 2. The molecule has 0 fully saturated rings. The number of halogens is 3. The van der Waals surface area contributed by atoms with Crippen LogP contribution in [-0.4, -0.2) is 5.11 Å². The van der Waals surface area contributed by atoms with Gasteiger partial charge in [-0.15, -0.1) is 0 Å². The van der Waals surface area contributed by atoms with E-state index in [1.807, 2.05) is 0 Å². The normalized spacial score (nSPS) is 11.8.